The first-order chi connectivity index (χ1) is 10.1. The van der Waals surface area contributed by atoms with Gasteiger partial charge in [-0.3, -0.25) is 0 Å². The van der Waals surface area contributed by atoms with Crippen LogP contribution >= 0.6 is 11.6 Å². The van der Waals surface area contributed by atoms with Gasteiger partial charge < -0.3 is 10.2 Å². The van der Waals surface area contributed by atoms with Crippen molar-refractivity contribution in [3.05, 3.63) is 65.2 Å². The zero-order valence-electron chi connectivity index (χ0n) is 10.9. The minimum absolute atomic E-state index is 0.00704. The van der Waals surface area contributed by atoms with Gasteiger partial charge in [0.15, 0.2) is 0 Å². The second-order valence-electron chi connectivity index (χ2n) is 4.68. The Balaban J connectivity index is 2.34. The van der Waals surface area contributed by atoms with Crippen LogP contribution in [0.2, 0.25) is 5.02 Å². The highest BCUT2D eigenvalue weighted by atomic mass is 35.5. The Bertz CT molecular complexity index is 856. The molecule has 104 valence electrons. The first-order valence-corrected chi connectivity index (χ1v) is 6.69. The third-order valence-corrected chi connectivity index (χ3v) is 3.71. The molecule has 0 saturated carbocycles. The van der Waals surface area contributed by atoms with Crippen molar-refractivity contribution in [2.75, 3.05) is 0 Å². The SMILES string of the molecule is O=C(O)c1ccc2cccc(-c3cccc(Cl)c3O)c2c1. The van der Waals surface area contributed by atoms with Gasteiger partial charge in [0.05, 0.1) is 10.6 Å². The number of aromatic carboxylic acids is 1. The summed E-state index contributed by atoms with van der Waals surface area (Å²) in [6.45, 7) is 0. The van der Waals surface area contributed by atoms with E-state index in [1.807, 2.05) is 18.2 Å². The molecular formula is C17H11ClO3. The molecule has 0 aliphatic heterocycles. The molecule has 3 aromatic rings. The Labute approximate surface area is 126 Å². The average Bonchev–Trinajstić information content (AvgIpc) is 2.49. The molecule has 0 amide bonds. The van der Waals surface area contributed by atoms with E-state index in [2.05, 4.69) is 0 Å². The normalized spacial score (nSPS) is 10.7. The number of phenolic OH excluding ortho intramolecular Hbond substituents is 1. The number of rotatable bonds is 2. The predicted molar refractivity (Wildman–Crippen MR) is 83.0 cm³/mol. The molecular weight excluding hydrogens is 288 g/mol. The quantitative estimate of drug-likeness (QED) is 0.729. The van der Waals surface area contributed by atoms with Gasteiger partial charge in [0.1, 0.15) is 5.75 Å². The van der Waals surface area contributed by atoms with Crippen LogP contribution in [0.25, 0.3) is 21.9 Å². The number of hydrogen-bond donors (Lipinski definition) is 2. The maximum absolute atomic E-state index is 11.1. The van der Waals surface area contributed by atoms with Crippen molar-refractivity contribution in [2.45, 2.75) is 0 Å². The molecule has 0 fully saturated rings. The fraction of sp³-hybridized carbons (Fsp3) is 0. The first kappa shape index (κ1) is 13.5. The van der Waals surface area contributed by atoms with Crippen molar-refractivity contribution in [1.82, 2.24) is 0 Å². The highest BCUT2D eigenvalue weighted by Gasteiger charge is 2.12. The van der Waals surface area contributed by atoms with Gasteiger partial charge in [-0.15, -0.1) is 0 Å². The Morgan fingerprint density at radius 3 is 2.43 bits per heavy atom. The number of carbonyl (C=O) groups is 1. The van der Waals surface area contributed by atoms with Gasteiger partial charge in [0.2, 0.25) is 0 Å². The molecule has 3 rings (SSSR count). The third kappa shape index (κ3) is 2.32. The lowest BCUT2D eigenvalue weighted by Crippen LogP contribution is -1.95. The second kappa shape index (κ2) is 5.11. The number of para-hydroxylation sites is 1. The maximum atomic E-state index is 11.1. The Morgan fingerprint density at radius 2 is 1.67 bits per heavy atom. The maximum Gasteiger partial charge on any atom is 0.335 e. The first-order valence-electron chi connectivity index (χ1n) is 6.32. The Morgan fingerprint density at radius 1 is 0.952 bits per heavy atom. The molecule has 0 bridgehead atoms. The van der Waals surface area contributed by atoms with Gasteiger partial charge >= 0.3 is 5.97 Å². The van der Waals surface area contributed by atoms with Gasteiger partial charge in [-0.25, -0.2) is 4.79 Å². The van der Waals surface area contributed by atoms with Crippen LogP contribution in [0.1, 0.15) is 10.4 Å². The smallest absolute Gasteiger partial charge is 0.335 e. The van der Waals surface area contributed by atoms with E-state index in [4.69, 9.17) is 16.7 Å². The molecule has 3 nitrogen and oxygen atoms in total. The number of carboxylic acids is 1. The van der Waals surface area contributed by atoms with E-state index >= 15 is 0 Å². The van der Waals surface area contributed by atoms with Gasteiger partial charge in [-0.2, -0.15) is 0 Å². The van der Waals surface area contributed by atoms with Crippen molar-refractivity contribution in [2.24, 2.45) is 0 Å². The van der Waals surface area contributed by atoms with Gasteiger partial charge in [-0.1, -0.05) is 48.0 Å². The number of hydrogen-bond acceptors (Lipinski definition) is 2. The van der Waals surface area contributed by atoms with Crippen LogP contribution in [0.15, 0.2) is 54.6 Å². The molecule has 3 aromatic carbocycles. The molecule has 4 heteroatoms. The van der Waals surface area contributed by atoms with Crippen molar-refractivity contribution in [3.8, 4) is 16.9 Å². The van der Waals surface area contributed by atoms with Gasteiger partial charge in [-0.05, 0) is 34.5 Å². The van der Waals surface area contributed by atoms with Gasteiger partial charge in [0.25, 0.3) is 0 Å². The molecule has 0 aliphatic rings. The number of carboxylic acid groups (broad SMARTS) is 1. The van der Waals surface area contributed by atoms with Crippen LogP contribution in [0.4, 0.5) is 0 Å². The van der Waals surface area contributed by atoms with Crippen LogP contribution in [-0.2, 0) is 0 Å². The molecule has 21 heavy (non-hydrogen) atoms. The summed E-state index contributed by atoms with van der Waals surface area (Å²) in [6.07, 6.45) is 0. The highest BCUT2D eigenvalue weighted by Crippen LogP contribution is 2.38. The van der Waals surface area contributed by atoms with E-state index in [0.717, 1.165) is 16.3 Å². The molecule has 0 atom stereocenters. The fourth-order valence-corrected chi connectivity index (χ4v) is 2.55. The van der Waals surface area contributed by atoms with E-state index in [0.29, 0.717) is 5.56 Å². The number of benzene rings is 3. The second-order valence-corrected chi connectivity index (χ2v) is 5.09. The van der Waals surface area contributed by atoms with E-state index in [1.54, 1.807) is 36.4 Å². The number of halogens is 1. The summed E-state index contributed by atoms with van der Waals surface area (Å²) >= 11 is 5.95. The molecule has 0 saturated heterocycles. The number of phenols is 1. The van der Waals surface area contributed by atoms with Crippen LogP contribution in [0.3, 0.4) is 0 Å². The lowest BCUT2D eigenvalue weighted by molar-refractivity contribution is 0.0697. The Hall–Kier alpha value is -2.52. The van der Waals surface area contributed by atoms with Gasteiger partial charge in [0, 0.05) is 5.56 Å². The number of fused-ring (bicyclic) bond motifs is 1. The monoisotopic (exact) mass is 298 g/mol. The largest absolute Gasteiger partial charge is 0.506 e. The van der Waals surface area contributed by atoms with Crippen molar-refractivity contribution < 1.29 is 15.0 Å². The Kier molecular flexibility index (Phi) is 3.28. The average molecular weight is 299 g/mol. The van der Waals surface area contributed by atoms with E-state index < -0.39 is 5.97 Å². The van der Waals surface area contributed by atoms with E-state index in [1.165, 1.54) is 0 Å². The van der Waals surface area contributed by atoms with Crippen LogP contribution in [0.5, 0.6) is 5.75 Å². The zero-order valence-corrected chi connectivity index (χ0v) is 11.6. The van der Waals surface area contributed by atoms with Crippen molar-refractivity contribution >= 4 is 28.3 Å². The summed E-state index contributed by atoms with van der Waals surface area (Å²) in [5, 5.41) is 21.2. The standard InChI is InChI=1S/C17H11ClO3/c18-15-6-2-5-13(16(15)19)12-4-1-3-10-7-8-11(17(20)21)9-14(10)12/h1-9,19H,(H,20,21). The zero-order chi connectivity index (χ0) is 15.0. The van der Waals surface area contributed by atoms with Crippen LogP contribution in [0, 0.1) is 0 Å². The number of aromatic hydroxyl groups is 1. The summed E-state index contributed by atoms with van der Waals surface area (Å²) in [6, 6.07) is 15.6. The van der Waals surface area contributed by atoms with Crippen LogP contribution in [-0.4, -0.2) is 16.2 Å². The summed E-state index contributed by atoms with van der Waals surface area (Å²) in [4.78, 5) is 11.1. The minimum Gasteiger partial charge on any atom is -0.506 e. The minimum atomic E-state index is -0.984. The molecule has 0 radical (unpaired) electrons. The molecule has 2 N–H and O–H groups in total. The summed E-state index contributed by atoms with van der Waals surface area (Å²) in [5.74, 6) is -0.991. The molecule has 0 spiro atoms. The van der Waals surface area contributed by atoms with E-state index in [-0.39, 0.29) is 16.3 Å². The fourth-order valence-electron chi connectivity index (χ4n) is 2.37. The summed E-state index contributed by atoms with van der Waals surface area (Å²) < 4.78 is 0. The lowest BCUT2D eigenvalue weighted by atomic mass is 9.96. The summed E-state index contributed by atoms with van der Waals surface area (Å²) in [7, 11) is 0. The lowest BCUT2D eigenvalue weighted by Gasteiger charge is -2.10. The molecule has 0 aromatic heterocycles. The summed E-state index contributed by atoms with van der Waals surface area (Å²) in [5.41, 5.74) is 1.53. The molecule has 0 aliphatic carbocycles. The topological polar surface area (TPSA) is 57.5 Å². The van der Waals surface area contributed by atoms with Crippen molar-refractivity contribution in [3.63, 3.8) is 0 Å². The molecule has 0 heterocycles. The third-order valence-electron chi connectivity index (χ3n) is 3.41. The predicted octanol–water partition coefficient (Wildman–Crippen LogP) is 4.56. The van der Waals surface area contributed by atoms with Crippen molar-refractivity contribution in [1.29, 1.82) is 0 Å². The van der Waals surface area contributed by atoms with Crippen LogP contribution < -0.4 is 0 Å². The highest BCUT2D eigenvalue weighted by molar-refractivity contribution is 6.32. The van der Waals surface area contributed by atoms with E-state index in [9.17, 15) is 9.90 Å². The molecule has 0 unspecified atom stereocenters.